The maximum Gasteiger partial charge on any atom is 0.328 e. The lowest BCUT2D eigenvalue weighted by Crippen LogP contribution is -2.14. The van der Waals surface area contributed by atoms with Crippen LogP contribution >= 0.6 is 7.60 Å². The van der Waals surface area contributed by atoms with E-state index in [1.807, 2.05) is 0 Å². The molecular formula is C5H11O4P. The lowest BCUT2D eigenvalue weighted by Gasteiger charge is -2.08. The van der Waals surface area contributed by atoms with E-state index in [2.05, 4.69) is 0 Å². The summed E-state index contributed by atoms with van der Waals surface area (Å²) in [5.74, 6) is 0.146. The summed E-state index contributed by atoms with van der Waals surface area (Å²) in [5.41, 5.74) is 0. The van der Waals surface area contributed by atoms with Gasteiger partial charge in [-0.25, -0.2) is 0 Å². The molecule has 0 unspecified atom stereocenters. The zero-order valence-electron chi connectivity index (χ0n) is 5.47. The standard InChI is InChI=1S/C5H11O4P/c6-5(4-1-2-4)3-10(7,8)9/h4-6H,1-3H2,(H2,7,8,9)/t5-/m1/s1. The Balaban J connectivity index is 2.30. The van der Waals surface area contributed by atoms with E-state index in [1.165, 1.54) is 0 Å². The van der Waals surface area contributed by atoms with Gasteiger partial charge in [0.05, 0.1) is 12.3 Å². The molecule has 1 saturated carbocycles. The Morgan fingerprint density at radius 2 is 2.00 bits per heavy atom. The summed E-state index contributed by atoms with van der Waals surface area (Å²) in [6.07, 6.45) is 0.640. The molecule has 4 nitrogen and oxygen atoms in total. The van der Waals surface area contributed by atoms with Gasteiger partial charge < -0.3 is 14.9 Å². The Hall–Kier alpha value is 0.110. The summed E-state index contributed by atoms with van der Waals surface area (Å²) in [4.78, 5) is 16.8. The van der Waals surface area contributed by atoms with Crippen molar-refractivity contribution in [3.05, 3.63) is 0 Å². The highest BCUT2D eigenvalue weighted by molar-refractivity contribution is 7.51. The SMILES string of the molecule is O=P(O)(O)C[C@@H](O)C1CC1. The molecule has 0 radical (unpaired) electrons. The normalized spacial score (nSPS) is 22.7. The summed E-state index contributed by atoms with van der Waals surface area (Å²) in [7, 11) is -3.99. The highest BCUT2D eigenvalue weighted by atomic mass is 31.2. The number of aliphatic hydroxyl groups excluding tert-OH is 1. The zero-order valence-corrected chi connectivity index (χ0v) is 6.37. The Labute approximate surface area is 59.0 Å². The minimum Gasteiger partial charge on any atom is -0.392 e. The summed E-state index contributed by atoms with van der Waals surface area (Å²) < 4.78 is 10.3. The fourth-order valence-corrected chi connectivity index (χ4v) is 1.66. The van der Waals surface area contributed by atoms with Crippen LogP contribution in [0, 0.1) is 5.92 Å². The average molecular weight is 166 g/mol. The molecule has 0 spiro atoms. The van der Waals surface area contributed by atoms with E-state index >= 15 is 0 Å². The number of hydrogen-bond donors (Lipinski definition) is 3. The first-order chi connectivity index (χ1) is 4.49. The molecule has 0 aromatic carbocycles. The van der Waals surface area contributed by atoms with E-state index in [0.717, 1.165) is 12.8 Å². The molecule has 0 amide bonds. The Morgan fingerprint density at radius 3 is 2.30 bits per heavy atom. The number of hydrogen-bond acceptors (Lipinski definition) is 2. The molecule has 0 bridgehead atoms. The molecule has 60 valence electrons. The molecule has 1 atom stereocenters. The summed E-state index contributed by atoms with van der Waals surface area (Å²) in [5, 5.41) is 9.03. The Morgan fingerprint density at radius 1 is 1.50 bits per heavy atom. The second-order valence-electron chi connectivity index (χ2n) is 2.75. The van der Waals surface area contributed by atoms with Gasteiger partial charge in [0.15, 0.2) is 0 Å². The van der Waals surface area contributed by atoms with Crippen molar-refractivity contribution >= 4 is 7.60 Å². The van der Waals surface area contributed by atoms with Crippen LogP contribution in [0.1, 0.15) is 12.8 Å². The van der Waals surface area contributed by atoms with Crippen LogP contribution in [-0.4, -0.2) is 27.2 Å². The maximum atomic E-state index is 10.3. The van der Waals surface area contributed by atoms with Crippen molar-refractivity contribution in [1.29, 1.82) is 0 Å². The molecule has 1 aliphatic rings. The van der Waals surface area contributed by atoms with Crippen molar-refractivity contribution in [2.24, 2.45) is 5.92 Å². The average Bonchev–Trinajstić information content (AvgIpc) is 2.35. The van der Waals surface area contributed by atoms with Crippen molar-refractivity contribution in [3.63, 3.8) is 0 Å². The third kappa shape index (κ3) is 2.80. The second-order valence-corrected chi connectivity index (χ2v) is 4.45. The van der Waals surface area contributed by atoms with Gasteiger partial charge >= 0.3 is 7.60 Å². The predicted molar refractivity (Wildman–Crippen MR) is 35.6 cm³/mol. The van der Waals surface area contributed by atoms with Crippen molar-refractivity contribution in [1.82, 2.24) is 0 Å². The van der Waals surface area contributed by atoms with Crippen LogP contribution in [0.5, 0.6) is 0 Å². The van der Waals surface area contributed by atoms with Crippen LogP contribution in [0.3, 0.4) is 0 Å². The van der Waals surface area contributed by atoms with Gasteiger partial charge in [0.1, 0.15) is 0 Å². The molecule has 1 fully saturated rings. The second kappa shape index (κ2) is 2.62. The third-order valence-electron chi connectivity index (χ3n) is 1.59. The van der Waals surface area contributed by atoms with Crippen LogP contribution in [0.25, 0.3) is 0 Å². The lowest BCUT2D eigenvalue weighted by atomic mass is 10.3. The minimum atomic E-state index is -3.99. The maximum absolute atomic E-state index is 10.3. The lowest BCUT2D eigenvalue weighted by molar-refractivity contribution is 0.166. The Bertz CT molecular complexity index is 159. The largest absolute Gasteiger partial charge is 0.392 e. The van der Waals surface area contributed by atoms with E-state index in [0.29, 0.717) is 0 Å². The molecule has 0 aromatic heterocycles. The smallest absolute Gasteiger partial charge is 0.328 e. The van der Waals surface area contributed by atoms with E-state index in [9.17, 15) is 4.57 Å². The van der Waals surface area contributed by atoms with Gasteiger partial charge in [-0.3, -0.25) is 4.57 Å². The van der Waals surface area contributed by atoms with Crippen molar-refractivity contribution in [2.45, 2.75) is 18.9 Å². The van der Waals surface area contributed by atoms with E-state index < -0.39 is 13.7 Å². The van der Waals surface area contributed by atoms with E-state index in [1.54, 1.807) is 0 Å². The molecule has 5 heteroatoms. The van der Waals surface area contributed by atoms with Crippen molar-refractivity contribution < 1.29 is 19.5 Å². The summed E-state index contributed by atoms with van der Waals surface area (Å²) >= 11 is 0. The topological polar surface area (TPSA) is 77.8 Å². The quantitative estimate of drug-likeness (QED) is 0.513. The first-order valence-corrected chi connectivity index (χ1v) is 5.01. The fourth-order valence-electron chi connectivity index (χ4n) is 0.874. The van der Waals surface area contributed by atoms with Gasteiger partial charge in [-0.2, -0.15) is 0 Å². The van der Waals surface area contributed by atoms with Crippen LogP contribution in [0.15, 0.2) is 0 Å². The molecular weight excluding hydrogens is 155 g/mol. The van der Waals surface area contributed by atoms with Crippen molar-refractivity contribution in [3.8, 4) is 0 Å². The third-order valence-corrected chi connectivity index (χ3v) is 2.44. The van der Waals surface area contributed by atoms with Crippen LogP contribution in [0.2, 0.25) is 0 Å². The van der Waals surface area contributed by atoms with Gasteiger partial charge in [0.25, 0.3) is 0 Å². The van der Waals surface area contributed by atoms with Gasteiger partial charge in [-0.1, -0.05) is 0 Å². The van der Waals surface area contributed by atoms with Crippen LogP contribution in [-0.2, 0) is 4.57 Å². The molecule has 0 aliphatic heterocycles. The van der Waals surface area contributed by atoms with Crippen molar-refractivity contribution in [2.75, 3.05) is 6.16 Å². The molecule has 10 heavy (non-hydrogen) atoms. The van der Waals surface area contributed by atoms with Gasteiger partial charge in [-0.05, 0) is 18.8 Å². The molecule has 0 aromatic rings. The molecule has 3 N–H and O–H groups in total. The number of rotatable bonds is 3. The molecule has 0 heterocycles. The predicted octanol–water partition coefficient (Wildman–Crippen LogP) is -0.0650. The summed E-state index contributed by atoms with van der Waals surface area (Å²) in [6.45, 7) is 0. The van der Waals surface area contributed by atoms with Crippen LogP contribution < -0.4 is 0 Å². The monoisotopic (exact) mass is 166 g/mol. The molecule has 1 aliphatic carbocycles. The van der Waals surface area contributed by atoms with Gasteiger partial charge in [-0.15, -0.1) is 0 Å². The molecule has 1 rings (SSSR count). The first kappa shape index (κ1) is 8.21. The Kier molecular flexibility index (Phi) is 2.15. The summed E-state index contributed by atoms with van der Waals surface area (Å²) in [6, 6.07) is 0. The first-order valence-electron chi connectivity index (χ1n) is 3.22. The number of aliphatic hydroxyl groups is 1. The van der Waals surface area contributed by atoms with Crippen LogP contribution in [0.4, 0.5) is 0 Å². The highest BCUT2D eigenvalue weighted by Gasteiger charge is 2.33. The highest BCUT2D eigenvalue weighted by Crippen LogP contribution is 2.41. The van der Waals surface area contributed by atoms with Gasteiger partial charge in [0, 0.05) is 0 Å². The van der Waals surface area contributed by atoms with E-state index in [-0.39, 0.29) is 12.1 Å². The minimum absolute atomic E-state index is 0.146. The fraction of sp³-hybridized carbons (Fsp3) is 1.00. The van der Waals surface area contributed by atoms with Gasteiger partial charge in [0.2, 0.25) is 0 Å². The molecule has 0 saturated heterocycles. The van der Waals surface area contributed by atoms with E-state index in [4.69, 9.17) is 14.9 Å². The zero-order chi connectivity index (χ0) is 7.78.